The lowest BCUT2D eigenvalue weighted by atomic mass is 10.0. The summed E-state index contributed by atoms with van der Waals surface area (Å²) in [4.78, 5) is 22.0. The Labute approximate surface area is 112 Å². The summed E-state index contributed by atoms with van der Waals surface area (Å²) in [7, 11) is 0. The number of carbonyl (C=O) groups excluding carboxylic acids is 1. The van der Waals surface area contributed by atoms with Crippen molar-refractivity contribution in [3.63, 3.8) is 0 Å². The molecular formula is C13H20N4O2. The van der Waals surface area contributed by atoms with Gasteiger partial charge in [-0.05, 0) is 6.42 Å². The van der Waals surface area contributed by atoms with Gasteiger partial charge in [-0.3, -0.25) is 10.1 Å². The topological polar surface area (TPSA) is 70.2 Å². The molecule has 1 aromatic heterocycles. The molecule has 3 heterocycles. The van der Waals surface area contributed by atoms with Gasteiger partial charge < -0.3 is 14.6 Å². The molecule has 2 N–H and O–H groups in total. The fraction of sp³-hybridized carbons (Fsp3) is 0.692. The number of H-pyrrole nitrogens is 1. The van der Waals surface area contributed by atoms with Crippen LogP contribution in [-0.2, 0) is 22.5 Å². The minimum absolute atomic E-state index is 0.150. The van der Waals surface area contributed by atoms with Gasteiger partial charge >= 0.3 is 0 Å². The highest BCUT2D eigenvalue weighted by atomic mass is 16.5. The summed E-state index contributed by atoms with van der Waals surface area (Å²) in [6, 6.07) is 0.0616. The van der Waals surface area contributed by atoms with Crippen molar-refractivity contribution in [2.75, 3.05) is 19.8 Å². The van der Waals surface area contributed by atoms with Crippen LogP contribution in [0, 0.1) is 0 Å². The molecule has 0 saturated carbocycles. The summed E-state index contributed by atoms with van der Waals surface area (Å²) in [6.45, 7) is 4.78. The molecule has 2 atom stereocenters. The van der Waals surface area contributed by atoms with Crippen LogP contribution in [0.4, 0.5) is 0 Å². The SMILES string of the molecule is CCC1COCCN1C(=O)C1Cc2nc[nH]c2CN1. The second kappa shape index (κ2) is 5.30. The van der Waals surface area contributed by atoms with E-state index in [1.807, 2.05) is 4.90 Å². The number of nitrogens with one attached hydrogen (secondary N) is 2. The molecule has 0 bridgehead atoms. The minimum Gasteiger partial charge on any atom is -0.377 e. The van der Waals surface area contributed by atoms with Crippen molar-refractivity contribution in [3.8, 4) is 0 Å². The number of imidazole rings is 1. The molecule has 2 aliphatic heterocycles. The fourth-order valence-electron chi connectivity index (χ4n) is 2.83. The molecule has 2 unspecified atom stereocenters. The average molecular weight is 264 g/mol. The van der Waals surface area contributed by atoms with E-state index in [1.54, 1.807) is 6.33 Å². The normalized spacial score (nSPS) is 27.1. The Morgan fingerprint density at radius 2 is 2.53 bits per heavy atom. The second-order valence-electron chi connectivity index (χ2n) is 5.13. The number of hydrogen-bond acceptors (Lipinski definition) is 4. The number of ether oxygens (including phenoxy) is 1. The van der Waals surface area contributed by atoms with Crippen molar-refractivity contribution < 1.29 is 9.53 Å². The summed E-state index contributed by atoms with van der Waals surface area (Å²) < 4.78 is 5.45. The second-order valence-corrected chi connectivity index (χ2v) is 5.13. The van der Waals surface area contributed by atoms with E-state index in [-0.39, 0.29) is 18.0 Å². The Morgan fingerprint density at radius 1 is 1.63 bits per heavy atom. The van der Waals surface area contributed by atoms with Crippen LogP contribution in [0.25, 0.3) is 0 Å². The number of fused-ring (bicyclic) bond motifs is 1. The molecule has 0 aromatic carbocycles. The molecule has 104 valence electrons. The number of amides is 1. The summed E-state index contributed by atoms with van der Waals surface area (Å²) in [5.74, 6) is 0.184. The van der Waals surface area contributed by atoms with Gasteiger partial charge in [0, 0.05) is 19.5 Å². The van der Waals surface area contributed by atoms with Crippen molar-refractivity contribution in [2.45, 2.75) is 38.4 Å². The van der Waals surface area contributed by atoms with Crippen LogP contribution in [0.15, 0.2) is 6.33 Å². The standard InChI is InChI=1S/C13H20N4O2/c1-2-9-7-19-4-3-17(9)13(18)11-5-10-12(6-14-11)16-8-15-10/h8-9,11,14H,2-7H2,1H3,(H,15,16). The number of hydrogen-bond donors (Lipinski definition) is 2. The van der Waals surface area contributed by atoms with Gasteiger partial charge in [0.15, 0.2) is 0 Å². The monoisotopic (exact) mass is 264 g/mol. The molecule has 0 aliphatic carbocycles. The molecule has 1 aromatic rings. The van der Waals surface area contributed by atoms with Crippen molar-refractivity contribution in [3.05, 3.63) is 17.7 Å². The van der Waals surface area contributed by atoms with Gasteiger partial charge in [-0.1, -0.05) is 6.92 Å². The minimum atomic E-state index is -0.150. The predicted octanol–water partition coefficient (Wildman–Crippen LogP) is 0.0614. The van der Waals surface area contributed by atoms with Crippen molar-refractivity contribution in [1.29, 1.82) is 0 Å². The molecular weight excluding hydrogens is 244 g/mol. The number of aromatic amines is 1. The zero-order valence-corrected chi connectivity index (χ0v) is 11.2. The van der Waals surface area contributed by atoms with Gasteiger partial charge in [0.25, 0.3) is 0 Å². The van der Waals surface area contributed by atoms with Gasteiger partial charge in [-0.25, -0.2) is 4.98 Å². The van der Waals surface area contributed by atoms with Crippen LogP contribution < -0.4 is 5.32 Å². The molecule has 6 heteroatoms. The van der Waals surface area contributed by atoms with Gasteiger partial charge in [0.05, 0.1) is 43.0 Å². The zero-order valence-electron chi connectivity index (χ0n) is 11.2. The first kappa shape index (κ1) is 12.6. The maximum absolute atomic E-state index is 12.6. The van der Waals surface area contributed by atoms with Crippen LogP contribution in [0.2, 0.25) is 0 Å². The third kappa shape index (κ3) is 2.37. The van der Waals surface area contributed by atoms with Gasteiger partial charge in [-0.15, -0.1) is 0 Å². The first-order valence-corrected chi connectivity index (χ1v) is 6.92. The molecule has 2 aliphatic rings. The van der Waals surface area contributed by atoms with E-state index in [2.05, 4.69) is 22.2 Å². The molecule has 3 rings (SSSR count). The van der Waals surface area contributed by atoms with Crippen molar-refractivity contribution in [1.82, 2.24) is 20.2 Å². The van der Waals surface area contributed by atoms with Crippen LogP contribution in [0.1, 0.15) is 24.7 Å². The lowest BCUT2D eigenvalue weighted by Crippen LogP contribution is -2.56. The summed E-state index contributed by atoms with van der Waals surface area (Å²) in [5, 5.41) is 3.30. The van der Waals surface area contributed by atoms with E-state index in [9.17, 15) is 4.79 Å². The largest absolute Gasteiger partial charge is 0.377 e. The van der Waals surface area contributed by atoms with Crippen LogP contribution >= 0.6 is 0 Å². The highest BCUT2D eigenvalue weighted by molar-refractivity contribution is 5.83. The highest BCUT2D eigenvalue weighted by Crippen LogP contribution is 2.17. The molecule has 1 fully saturated rings. The van der Waals surface area contributed by atoms with Crippen LogP contribution in [0.5, 0.6) is 0 Å². The van der Waals surface area contributed by atoms with E-state index < -0.39 is 0 Å². The van der Waals surface area contributed by atoms with E-state index in [0.29, 0.717) is 32.7 Å². The fourth-order valence-corrected chi connectivity index (χ4v) is 2.83. The summed E-state index contributed by atoms with van der Waals surface area (Å²) in [6.07, 6.45) is 3.31. The Balaban J connectivity index is 1.70. The first-order chi connectivity index (χ1) is 9.29. The van der Waals surface area contributed by atoms with Crippen molar-refractivity contribution >= 4 is 5.91 Å². The first-order valence-electron chi connectivity index (χ1n) is 6.92. The molecule has 0 radical (unpaired) electrons. The number of nitrogens with zero attached hydrogens (tertiary/aromatic N) is 2. The Morgan fingerprint density at radius 3 is 3.37 bits per heavy atom. The van der Waals surface area contributed by atoms with E-state index in [1.165, 1.54) is 0 Å². The van der Waals surface area contributed by atoms with Crippen LogP contribution in [-0.4, -0.2) is 52.6 Å². The zero-order chi connectivity index (χ0) is 13.2. The van der Waals surface area contributed by atoms with Gasteiger partial charge in [-0.2, -0.15) is 0 Å². The Hall–Kier alpha value is -1.40. The van der Waals surface area contributed by atoms with Gasteiger partial charge in [0.1, 0.15) is 0 Å². The molecule has 6 nitrogen and oxygen atoms in total. The van der Waals surface area contributed by atoms with Crippen LogP contribution in [0.3, 0.4) is 0 Å². The summed E-state index contributed by atoms with van der Waals surface area (Å²) >= 11 is 0. The Bertz CT molecular complexity index is 459. The third-order valence-electron chi connectivity index (χ3n) is 4.01. The lowest BCUT2D eigenvalue weighted by Gasteiger charge is -2.38. The highest BCUT2D eigenvalue weighted by Gasteiger charge is 2.33. The average Bonchev–Trinajstić information content (AvgIpc) is 2.93. The maximum Gasteiger partial charge on any atom is 0.240 e. The van der Waals surface area contributed by atoms with Crippen molar-refractivity contribution in [2.24, 2.45) is 0 Å². The smallest absolute Gasteiger partial charge is 0.240 e. The Kier molecular flexibility index (Phi) is 3.52. The van der Waals surface area contributed by atoms with E-state index in [4.69, 9.17) is 4.74 Å². The molecule has 0 spiro atoms. The molecule has 19 heavy (non-hydrogen) atoms. The number of carbonyl (C=O) groups is 1. The van der Waals surface area contributed by atoms with E-state index in [0.717, 1.165) is 17.8 Å². The number of aromatic nitrogens is 2. The number of rotatable bonds is 2. The predicted molar refractivity (Wildman–Crippen MR) is 69.5 cm³/mol. The lowest BCUT2D eigenvalue weighted by molar-refractivity contribution is -0.142. The summed E-state index contributed by atoms with van der Waals surface area (Å²) in [5.41, 5.74) is 2.11. The third-order valence-corrected chi connectivity index (χ3v) is 4.01. The van der Waals surface area contributed by atoms with Gasteiger partial charge in [0.2, 0.25) is 5.91 Å². The quantitative estimate of drug-likeness (QED) is 0.792. The molecule has 1 saturated heterocycles. The maximum atomic E-state index is 12.6. The van der Waals surface area contributed by atoms with E-state index >= 15 is 0 Å². The molecule has 1 amide bonds. The number of morpholine rings is 1.